The van der Waals surface area contributed by atoms with E-state index in [1.54, 1.807) is 17.2 Å². The summed E-state index contributed by atoms with van der Waals surface area (Å²) in [5, 5.41) is 2.67. The van der Waals surface area contributed by atoms with Gasteiger partial charge in [-0.25, -0.2) is 4.79 Å². The van der Waals surface area contributed by atoms with Crippen molar-refractivity contribution in [1.82, 2.24) is 9.88 Å². The molecule has 0 spiro atoms. The summed E-state index contributed by atoms with van der Waals surface area (Å²) in [5.41, 5.74) is 1.35. The lowest BCUT2D eigenvalue weighted by molar-refractivity contribution is -0.137. The summed E-state index contributed by atoms with van der Waals surface area (Å²) in [6.07, 6.45) is -2.12. The van der Waals surface area contributed by atoms with Gasteiger partial charge in [-0.15, -0.1) is 0 Å². The molecule has 0 bridgehead atoms. The molecule has 1 N–H and O–H groups in total. The number of anilines is 1. The van der Waals surface area contributed by atoms with E-state index in [0.29, 0.717) is 25.2 Å². The van der Waals surface area contributed by atoms with E-state index in [2.05, 4.69) is 10.3 Å². The molecule has 3 aromatic rings. The van der Waals surface area contributed by atoms with Crippen LogP contribution in [0.15, 0.2) is 79.0 Å². The minimum atomic E-state index is -4.41. The molecule has 4 nitrogen and oxygen atoms in total. The number of carbonyl (C=O) groups is 1. The lowest BCUT2D eigenvalue weighted by Gasteiger charge is -2.23. The highest BCUT2D eigenvalue weighted by Gasteiger charge is 2.30. The zero-order valence-corrected chi connectivity index (χ0v) is 15.6. The number of amides is 2. The minimum Gasteiger partial charge on any atom is -0.318 e. The van der Waals surface area contributed by atoms with E-state index in [-0.39, 0.29) is 0 Å². The van der Waals surface area contributed by atoms with E-state index in [4.69, 9.17) is 0 Å². The number of aromatic nitrogens is 1. The molecular formula is C22H20F3N3O. The van der Waals surface area contributed by atoms with E-state index in [1.807, 2.05) is 42.5 Å². The number of pyridine rings is 1. The third-order valence-electron chi connectivity index (χ3n) is 4.34. The molecule has 0 aliphatic heterocycles. The first-order chi connectivity index (χ1) is 13.9. The second-order valence-electron chi connectivity index (χ2n) is 6.48. The third kappa shape index (κ3) is 6.07. The molecule has 0 radical (unpaired) electrons. The Hall–Kier alpha value is -3.35. The molecule has 0 aliphatic rings. The van der Waals surface area contributed by atoms with Crippen molar-refractivity contribution >= 4 is 11.7 Å². The molecule has 0 saturated heterocycles. The zero-order valence-electron chi connectivity index (χ0n) is 15.6. The maximum absolute atomic E-state index is 12.8. The second-order valence-corrected chi connectivity index (χ2v) is 6.48. The van der Waals surface area contributed by atoms with E-state index in [1.165, 1.54) is 12.1 Å². The first-order valence-corrected chi connectivity index (χ1v) is 9.09. The van der Waals surface area contributed by atoms with Crippen LogP contribution in [-0.2, 0) is 19.1 Å². The maximum atomic E-state index is 12.8. The number of rotatable bonds is 6. The van der Waals surface area contributed by atoms with Crippen LogP contribution in [0.2, 0.25) is 0 Å². The van der Waals surface area contributed by atoms with E-state index in [9.17, 15) is 18.0 Å². The molecule has 3 rings (SSSR count). The van der Waals surface area contributed by atoms with Gasteiger partial charge in [-0.05, 0) is 48.4 Å². The predicted octanol–water partition coefficient (Wildman–Crippen LogP) is 5.38. The molecule has 0 fully saturated rings. The van der Waals surface area contributed by atoms with Crippen LogP contribution in [0.25, 0.3) is 0 Å². The van der Waals surface area contributed by atoms with Crippen LogP contribution in [0.3, 0.4) is 0 Å². The standard InChI is InChI=1S/C22H20F3N3O/c23-22(24,25)18-9-11-19(12-10-18)27-21(29)28(16-20-8-4-5-14-26-20)15-13-17-6-2-1-3-7-17/h1-12,14H,13,15-16H2,(H,27,29). The Morgan fingerprint density at radius 1 is 0.931 bits per heavy atom. The van der Waals surface area contributed by atoms with Crippen LogP contribution in [0, 0.1) is 0 Å². The van der Waals surface area contributed by atoms with E-state index in [0.717, 1.165) is 23.4 Å². The van der Waals surface area contributed by atoms with Crippen LogP contribution < -0.4 is 5.32 Å². The first kappa shape index (κ1) is 20.4. The number of carbonyl (C=O) groups excluding carboxylic acids is 1. The Labute approximate surface area is 167 Å². The van der Waals surface area contributed by atoms with Gasteiger partial charge in [-0.1, -0.05) is 36.4 Å². The maximum Gasteiger partial charge on any atom is 0.416 e. The number of hydrogen-bond donors (Lipinski definition) is 1. The monoisotopic (exact) mass is 399 g/mol. The van der Waals surface area contributed by atoms with Gasteiger partial charge in [0.05, 0.1) is 17.8 Å². The molecule has 0 aliphatic carbocycles. The lowest BCUT2D eigenvalue weighted by atomic mass is 10.1. The second kappa shape index (κ2) is 9.23. The number of nitrogens with zero attached hydrogens (tertiary/aromatic N) is 2. The molecule has 150 valence electrons. The number of nitrogens with one attached hydrogen (secondary N) is 1. The van der Waals surface area contributed by atoms with Crippen molar-refractivity contribution < 1.29 is 18.0 Å². The minimum absolute atomic E-state index is 0.292. The Morgan fingerprint density at radius 2 is 1.62 bits per heavy atom. The fourth-order valence-corrected chi connectivity index (χ4v) is 2.79. The largest absolute Gasteiger partial charge is 0.416 e. The Kier molecular flexibility index (Phi) is 6.49. The molecule has 1 heterocycles. The summed E-state index contributed by atoms with van der Waals surface area (Å²) >= 11 is 0. The SMILES string of the molecule is O=C(Nc1ccc(C(F)(F)F)cc1)N(CCc1ccccc1)Cc1ccccn1. The molecule has 0 saturated carbocycles. The molecular weight excluding hydrogens is 379 g/mol. The zero-order chi connectivity index (χ0) is 20.7. The van der Waals surface area contributed by atoms with Crippen LogP contribution in [0.1, 0.15) is 16.8 Å². The Morgan fingerprint density at radius 3 is 2.24 bits per heavy atom. The molecule has 2 amide bonds. The average Bonchev–Trinajstić information content (AvgIpc) is 2.72. The van der Waals surface area contributed by atoms with E-state index < -0.39 is 17.8 Å². The molecule has 29 heavy (non-hydrogen) atoms. The summed E-state index contributed by atoms with van der Waals surface area (Å²) in [7, 11) is 0. The molecule has 2 aromatic carbocycles. The van der Waals surface area contributed by atoms with Crippen molar-refractivity contribution in [3.8, 4) is 0 Å². The Balaban J connectivity index is 1.70. The van der Waals surface area contributed by atoms with Crippen molar-refractivity contribution in [2.24, 2.45) is 0 Å². The van der Waals surface area contributed by atoms with Crippen molar-refractivity contribution in [3.05, 3.63) is 95.8 Å². The molecule has 0 atom stereocenters. The quantitative estimate of drug-likeness (QED) is 0.605. The number of halogens is 3. The van der Waals surface area contributed by atoms with Crippen molar-refractivity contribution in [3.63, 3.8) is 0 Å². The number of alkyl halides is 3. The summed E-state index contributed by atoms with van der Waals surface area (Å²) in [5.74, 6) is 0. The first-order valence-electron chi connectivity index (χ1n) is 9.09. The molecule has 1 aromatic heterocycles. The highest BCUT2D eigenvalue weighted by atomic mass is 19.4. The van der Waals surface area contributed by atoms with Gasteiger partial charge < -0.3 is 10.2 Å². The van der Waals surface area contributed by atoms with Gasteiger partial charge in [0.25, 0.3) is 0 Å². The van der Waals surface area contributed by atoms with Gasteiger partial charge in [-0.2, -0.15) is 13.2 Å². The van der Waals surface area contributed by atoms with Gasteiger partial charge >= 0.3 is 12.2 Å². The predicted molar refractivity (Wildman–Crippen MR) is 105 cm³/mol. The van der Waals surface area contributed by atoms with Crippen LogP contribution in [-0.4, -0.2) is 22.5 Å². The van der Waals surface area contributed by atoms with Crippen LogP contribution >= 0.6 is 0 Å². The van der Waals surface area contributed by atoms with E-state index >= 15 is 0 Å². The fraction of sp³-hybridized carbons (Fsp3) is 0.182. The smallest absolute Gasteiger partial charge is 0.318 e. The van der Waals surface area contributed by atoms with Crippen LogP contribution in [0.5, 0.6) is 0 Å². The van der Waals surface area contributed by atoms with Gasteiger partial charge in [-0.3, -0.25) is 4.98 Å². The van der Waals surface area contributed by atoms with Crippen molar-refractivity contribution in [1.29, 1.82) is 0 Å². The van der Waals surface area contributed by atoms with Crippen molar-refractivity contribution in [2.75, 3.05) is 11.9 Å². The summed E-state index contributed by atoms with van der Waals surface area (Å²) in [6, 6.07) is 19.2. The van der Waals surface area contributed by atoms with Gasteiger partial charge in [0, 0.05) is 18.4 Å². The Bertz CT molecular complexity index is 914. The molecule has 0 unspecified atom stereocenters. The normalized spacial score (nSPS) is 11.1. The number of hydrogen-bond acceptors (Lipinski definition) is 2. The van der Waals surface area contributed by atoms with Gasteiger partial charge in [0.2, 0.25) is 0 Å². The summed E-state index contributed by atoms with van der Waals surface area (Å²) in [6.45, 7) is 0.729. The third-order valence-corrected chi connectivity index (χ3v) is 4.34. The fourth-order valence-electron chi connectivity index (χ4n) is 2.79. The topological polar surface area (TPSA) is 45.2 Å². The summed E-state index contributed by atoms with van der Waals surface area (Å²) < 4.78 is 38.1. The number of urea groups is 1. The summed E-state index contributed by atoms with van der Waals surface area (Å²) in [4.78, 5) is 18.6. The highest BCUT2D eigenvalue weighted by molar-refractivity contribution is 5.89. The van der Waals surface area contributed by atoms with Gasteiger partial charge in [0.15, 0.2) is 0 Å². The highest BCUT2D eigenvalue weighted by Crippen LogP contribution is 2.29. The van der Waals surface area contributed by atoms with Gasteiger partial charge in [0.1, 0.15) is 0 Å². The number of benzene rings is 2. The van der Waals surface area contributed by atoms with Crippen LogP contribution in [0.4, 0.5) is 23.7 Å². The average molecular weight is 399 g/mol. The van der Waals surface area contributed by atoms with Crippen molar-refractivity contribution in [2.45, 2.75) is 19.1 Å². The molecule has 7 heteroatoms. The lowest BCUT2D eigenvalue weighted by Crippen LogP contribution is -2.36.